The summed E-state index contributed by atoms with van der Waals surface area (Å²) in [6, 6.07) is 5.40. The van der Waals surface area contributed by atoms with Gasteiger partial charge < -0.3 is 5.32 Å². The second-order valence-corrected chi connectivity index (χ2v) is 5.05. The minimum Gasteiger partial charge on any atom is -0.312 e. The number of nitrogens with one attached hydrogen (secondary N) is 1. The Morgan fingerprint density at radius 2 is 2.05 bits per heavy atom. The quantitative estimate of drug-likeness (QED) is 0.925. The number of hydrogen-bond donors (Lipinski definition) is 1. The van der Waals surface area contributed by atoms with E-state index in [1.807, 2.05) is 0 Å². The Hall–Kier alpha value is -1.95. The number of benzene rings is 1. The summed E-state index contributed by atoms with van der Waals surface area (Å²) in [6.45, 7) is 1.54. The van der Waals surface area contributed by atoms with Crippen molar-refractivity contribution >= 4 is 0 Å². The zero-order chi connectivity index (χ0) is 14.9. The number of alkyl halides is 3. The van der Waals surface area contributed by atoms with Crippen LogP contribution in [0.4, 0.5) is 13.2 Å². The molecule has 0 saturated carbocycles. The van der Waals surface area contributed by atoms with Crippen LogP contribution in [0.2, 0.25) is 0 Å². The van der Waals surface area contributed by atoms with Crippen LogP contribution in [0.3, 0.4) is 0 Å². The Labute approximate surface area is 120 Å². The monoisotopic (exact) mass is 293 g/mol. The second-order valence-electron chi connectivity index (χ2n) is 5.05. The second kappa shape index (κ2) is 5.44. The van der Waals surface area contributed by atoms with E-state index in [2.05, 4.69) is 15.3 Å². The average Bonchev–Trinajstić information content (AvgIpc) is 2.47. The van der Waals surface area contributed by atoms with Crippen molar-refractivity contribution in [1.29, 1.82) is 0 Å². The fraction of sp³-hybridized carbons (Fsp3) is 0.333. The highest BCUT2D eigenvalue weighted by Gasteiger charge is 2.30. The van der Waals surface area contributed by atoms with E-state index >= 15 is 0 Å². The normalized spacial score (nSPS) is 14.8. The third kappa shape index (κ3) is 3.05. The maximum Gasteiger partial charge on any atom is 0.416 e. The van der Waals surface area contributed by atoms with Crippen LogP contribution >= 0.6 is 0 Å². The lowest BCUT2D eigenvalue weighted by molar-refractivity contribution is -0.137. The van der Waals surface area contributed by atoms with Crippen molar-refractivity contribution in [2.24, 2.45) is 0 Å². The molecule has 1 N–H and O–H groups in total. The molecule has 3 rings (SSSR count). The van der Waals surface area contributed by atoms with Gasteiger partial charge in [-0.2, -0.15) is 13.2 Å². The van der Waals surface area contributed by atoms with E-state index in [4.69, 9.17) is 0 Å². The molecule has 0 aliphatic carbocycles. The molecule has 1 aromatic carbocycles. The van der Waals surface area contributed by atoms with E-state index in [1.165, 1.54) is 18.5 Å². The Balaban J connectivity index is 1.91. The smallest absolute Gasteiger partial charge is 0.312 e. The van der Waals surface area contributed by atoms with Crippen LogP contribution in [-0.2, 0) is 25.6 Å². The number of aromatic nitrogens is 2. The van der Waals surface area contributed by atoms with Crippen LogP contribution in [0.15, 0.2) is 30.6 Å². The summed E-state index contributed by atoms with van der Waals surface area (Å²) in [6.07, 6.45) is -1.61. The van der Waals surface area contributed by atoms with Crippen molar-refractivity contribution in [3.63, 3.8) is 0 Å². The highest BCUT2D eigenvalue weighted by Crippen LogP contribution is 2.30. The van der Waals surface area contributed by atoms with E-state index in [-0.39, 0.29) is 0 Å². The van der Waals surface area contributed by atoms with Gasteiger partial charge in [-0.1, -0.05) is 18.2 Å². The summed E-state index contributed by atoms with van der Waals surface area (Å²) in [5.74, 6) is 0. The van der Waals surface area contributed by atoms with Gasteiger partial charge in [0.15, 0.2) is 0 Å². The first-order valence-electron chi connectivity index (χ1n) is 6.72. The predicted molar refractivity (Wildman–Crippen MR) is 71.7 cm³/mol. The molecule has 21 heavy (non-hydrogen) atoms. The zero-order valence-electron chi connectivity index (χ0n) is 11.2. The first-order chi connectivity index (χ1) is 10.0. The van der Waals surface area contributed by atoms with Gasteiger partial charge in [0.25, 0.3) is 0 Å². The SMILES string of the molecule is FC(F)(F)c1cccc(Cc2ncnc3c2CNCC3)c1. The van der Waals surface area contributed by atoms with Crippen LogP contribution in [0.1, 0.15) is 28.1 Å². The molecule has 0 saturated heterocycles. The molecule has 2 aromatic rings. The summed E-state index contributed by atoms with van der Waals surface area (Å²) >= 11 is 0. The molecule has 0 fully saturated rings. The van der Waals surface area contributed by atoms with E-state index < -0.39 is 11.7 Å². The Morgan fingerprint density at radius 1 is 1.19 bits per heavy atom. The summed E-state index contributed by atoms with van der Waals surface area (Å²) < 4.78 is 38.2. The number of halogens is 3. The summed E-state index contributed by atoms with van der Waals surface area (Å²) in [5.41, 5.74) is 2.79. The Kier molecular flexibility index (Phi) is 3.63. The van der Waals surface area contributed by atoms with Crippen molar-refractivity contribution in [2.45, 2.75) is 25.6 Å². The number of fused-ring (bicyclic) bond motifs is 1. The molecule has 0 radical (unpaired) electrons. The fourth-order valence-electron chi connectivity index (χ4n) is 2.53. The molecule has 0 spiro atoms. The Morgan fingerprint density at radius 3 is 2.86 bits per heavy atom. The molecule has 0 unspecified atom stereocenters. The van der Waals surface area contributed by atoms with Crippen molar-refractivity contribution in [3.8, 4) is 0 Å². The van der Waals surface area contributed by atoms with Crippen LogP contribution < -0.4 is 5.32 Å². The van der Waals surface area contributed by atoms with Gasteiger partial charge in [-0.25, -0.2) is 9.97 Å². The van der Waals surface area contributed by atoms with E-state index in [1.54, 1.807) is 6.07 Å². The fourth-order valence-corrected chi connectivity index (χ4v) is 2.53. The maximum absolute atomic E-state index is 12.7. The highest BCUT2D eigenvalue weighted by atomic mass is 19.4. The Bertz CT molecular complexity index is 653. The molecule has 1 aliphatic rings. The van der Waals surface area contributed by atoms with Crippen LogP contribution in [-0.4, -0.2) is 16.5 Å². The first kappa shape index (κ1) is 14.0. The molecule has 1 aromatic heterocycles. The van der Waals surface area contributed by atoms with E-state index in [9.17, 15) is 13.2 Å². The molecule has 110 valence electrons. The third-order valence-corrected chi connectivity index (χ3v) is 3.59. The van der Waals surface area contributed by atoms with Crippen molar-refractivity contribution in [3.05, 3.63) is 58.7 Å². The topological polar surface area (TPSA) is 37.8 Å². The van der Waals surface area contributed by atoms with Crippen molar-refractivity contribution in [2.75, 3.05) is 6.54 Å². The summed E-state index contributed by atoms with van der Waals surface area (Å²) in [4.78, 5) is 8.49. The van der Waals surface area contributed by atoms with Gasteiger partial charge in [0.1, 0.15) is 6.33 Å². The van der Waals surface area contributed by atoms with Gasteiger partial charge in [-0.05, 0) is 11.6 Å². The summed E-state index contributed by atoms with van der Waals surface area (Å²) in [7, 11) is 0. The first-order valence-corrected chi connectivity index (χ1v) is 6.72. The lowest BCUT2D eigenvalue weighted by atomic mass is 9.99. The van der Waals surface area contributed by atoms with E-state index in [0.717, 1.165) is 36.0 Å². The zero-order valence-corrected chi connectivity index (χ0v) is 11.2. The molecule has 2 heterocycles. The van der Waals surface area contributed by atoms with Crippen LogP contribution in [0, 0.1) is 0 Å². The molecule has 3 nitrogen and oxygen atoms in total. The molecule has 0 atom stereocenters. The molecule has 1 aliphatic heterocycles. The van der Waals surface area contributed by atoms with Gasteiger partial charge in [0.05, 0.1) is 11.3 Å². The molecule has 0 bridgehead atoms. The molecular formula is C15H14F3N3. The lowest BCUT2D eigenvalue weighted by Gasteiger charge is -2.18. The largest absolute Gasteiger partial charge is 0.416 e. The minimum atomic E-state index is -4.32. The van der Waals surface area contributed by atoms with Gasteiger partial charge in [-0.3, -0.25) is 0 Å². The highest BCUT2D eigenvalue weighted by molar-refractivity contribution is 5.33. The van der Waals surface area contributed by atoms with Crippen LogP contribution in [0.5, 0.6) is 0 Å². The van der Waals surface area contributed by atoms with Gasteiger partial charge in [-0.15, -0.1) is 0 Å². The molecule has 0 amide bonds. The average molecular weight is 293 g/mol. The van der Waals surface area contributed by atoms with Gasteiger partial charge >= 0.3 is 6.18 Å². The predicted octanol–water partition coefficient (Wildman–Crippen LogP) is 2.73. The van der Waals surface area contributed by atoms with E-state index in [0.29, 0.717) is 18.5 Å². The molecular weight excluding hydrogens is 279 g/mol. The van der Waals surface area contributed by atoms with Crippen molar-refractivity contribution in [1.82, 2.24) is 15.3 Å². The van der Waals surface area contributed by atoms with Gasteiger partial charge in [0.2, 0.25) is 0 Å². The minimum absolute atomic E-state index is 0.385. The summed E-state index contributed by atoms with van der Waals surface area (Å²) in [5, 5.41) is 3.24. The number of nitrogens with zero attached hydrogens (tertiary/aromatic N) is 2. The van der Waals surface area contributed by atoms with Crippen molar-refractivity contribution < 1.29 is 13.2 Å². The number of rotatable bonds is 2. The van der Waals surface area contributed by atoms with Gasteiger partial charge in [0, 0.05) is 37.2 Å². The third-order valence-electron chi connectivity index (χ3n) is 3.59. The maximum atomic E-state index is 12.7. The standard InChI is InChI=1S/C15H14F3N3/c16-15(17,18)11-3-1-2-10(6-11)7-14-12-8-19-5-4-13(12)20-9-21-14/h1-3,6,9,19H,4-5,7-8H2. The molecule has 6 heteroatoms. The lowest BCUT2D eigenvalue weighted by Crippen LogP contribution is -2.26. The number of hydrogen-bond acceptors (Lipinski definition) is 3. The van der Waals surface area contributed by atoms with Crippen LogP contribution in [0.25, 0.3) is 0 Å².